The summed E-state index contributed by atoms with van der Waals surface area (Å²) < 4.78 is 5.30. The summed E-state index contributed by atoms with van der Waals surface area (Å²) in [7, 11) is 1.63. The fraction of sp³-hybridized carbons (Fsp3) is 0.318. The summed E-state index contributed by atoms with van der Waals surface area (Å²) in [5.41, 5.74) is 2.10. The van der Waals surface area contributed by atoms with Crippen molar-refractivity contribution in [2.45, 2.75) is 19.9 Å². The Hall–Kier alpha value is -2.59. The summed E-state index contributed by atoms with van der Waals surface area (Å²) in [4.78, 5) is 14.6. The van der Waals surface area contributed by atoms with Crippen molar-refractivity contribution in [2.75, 3.05) is 26.7 Å². The van der Waals surface area contributed by atoms with Crippen LogP contribution in [-0.4, -0.2) is 37.6 Å². The fourth-order valence-electron chi connectivity index (χ4n) is 3.02. The van der Waals surface area contributed by atoms with Crippen LogP contribution >= 0.6 is 0 Å². The minimum atomic E-state index is -0.107. The minimum absolute atomic E-state index is 0.107. The largest absolute Gasteiger partial charge is 0.496 e. The highest BCUT2D eigenvalue weighted by Crippen LogP contribution is 2.20. The molecule has 0 saturated heterocycles. The molecule has 4 nitrogen and oxygen atoms in total. The average Bonchev–Trinajstić information content (AvgIpc) is 2.70. The Bertz CT molecular complexity index is 709. The summed E-state index contributed by atoms with van der Waals surface area (Å²) in [5, 5.41) is 3.03. The van der Waals surface area contributed by atoms with Gasteiger partial charge >= 0.3 is 0 Å². The lowest BCUT2D eigenvalue weighted by Gasteiger charge is -2.30. The summed E-state index contributed by atoms with van der Waals surface area (Å²) >= 11 is 0. The van der Waals surface area contributed by atoms with E-state index in [1.54, 1.807) is 19.3 Å². The van der Waals surface area contributed by atoms with Crippen molar-refractivity contribution >= 4 is 12.0 Å². The highest BCUT2D eigenvalue weighted by Gasteiger charge is 2.18. The van der Waals surface area contributed by atoms with E-state index < -0.39 is 0 Å². The zero-order valence-corrected chi connectivity index (χ0v) is 15.8. The van der Waals surface area contributed by atoms with E-state index in [1.807, 2.05) is 42.5 Å². The highest BCUT2D eigenvalue weighted by atomic mass is 16.5. The van der Waals surface area contributed by atoms with Crippen LogP contribution in [-0.2, 0) is 4.79 Å². The first-order chi connectivity index (χ1) is 12.7. The van der Waals surface area contributed by atoms with Gasteiger partial charge in [-0.25, -0.2) is 0 Å². The van der Waals surface area contributed by atoms with Crippen molar-refractivity contribution in [3.05, 3.63) is 71.8 Å². The maximum atomic E-state index is 12.3. The number of carbonyl (C=O) groups excluding carboxylic acids is 1. The fourth-order valence-corrected chi connectivity index (χ4v) is 3.02. The molecule has 1 N–H and O–H groups in total. The number of benzene rings is 2. The number of rotatable bonds is 9. The standard InChI is InChI=1S/C22H28N2O2/c1-4-24(5-2)20(18-11-7-6-8-12-18)17-23-22(25)16-15-19-13-9-10-14-21(19)26-3/h6-16,20H,4-5,17H2,1-3H3,(H,23,25)/b16-15+. The second-order valence-corrected chi connectivity index (χ2v) is 5.97. The summed E-state index contributed by atoms with van der Waals surface area (Å²) in [6.07, 6.45) is 3.34. The van der Waals surface area contributed by atoms with Crippen LogP contribution in [0.5, 0.6) is 5.75 Å². The molecule has 0 saturated carbocycles. The van der Waals surface area contributed by atoms with Gasteiger partial charge in [-0.3, -0.25) is 9.69 Å². The van der Waals surface area contributed by atoms with Gasteiger partial charge in [0.05, 0.1) is 13.2 Å². The molecule has 0 heterocycles. The van der Waals surface area contributed by atoms with Crippen molar-refractivity contribution in [2.24, 2.45) is 0 Å². The van der Waals surface area contributed by atoms with E-state index in [1.165, 1.54) is 5.56 Å². The lowest BCUT2D eigenvalue weighted by Crippen LogP contribution is -2.37. The molecule has 0 aliphatic rings. The van der Waals surface area contributed by atoms with Crippen LogP contribution in [0.3, 0.4) is 0 Å². The molecule has 0 spiro atoms. The number of para-hydroxylation sites is 1. The van der Waals surface area contributed by atoms with Crippen molar-refractivity contribution < 1.29 is 9.53 Å². The van der Waals surface area contributed by atoms with E-state index in [2.05, 4.69) is 36.2 Å². The Balaban J connectivity index is 2.03. The molecule has 1 atom stereocenters. The minimum Gasteiger partial charge on any atom is -0.496 e. The number of nitrogens with zero attached hydrogens (tertiary/aromatic N) is 1. The monoisotopic (exact) mass is 352 g/mol. The zero-order valence-electron chi connectivity index (χ0n) is 15.8. The normalized spacial score (nSPS) is 12.3. The van der Waals surface area contributed by atoms with Crippen molar-refractivity contribution in [3.63, 3.8) is 0 Å². The summed E-state index contributed by atoms with van der Waals surface area (Å²) in [5.74, 6) is 0.644. The van der Waals surface area contributed by atoms with Gasteiger partial charge in [0.25, 0.3) is 0 Å². The number of amides is 1. The molecule has 0 aliphatic carbocycles. The maximum absolute atomic E-state index is 12.3. The lowest BCUT2D eigenvalue weighted by atomic mass is 10.1. The molecule has 0 fully saturated rings. The van der Waals surface area contributed by atoms with Crippen LogP contribution in [0.15, 0.2) is 60.7 Å². The van der Waals surface area contributed by atoms with Crippen LogP contribution in [0.25, 0.3) is 6.08 Å². The van der Waals surface area contributed by atoms with Gasteiger partial charge in [-0.1, -0.05) is 62.4 Å². The van der Waals surface area contributed by atoms with Crippen LogP contribution in [0.4, 0.5) is 0 Å². The summed E-state index contributed by atoms with van der Waals surface area (Å²) in [6, 6.07) is 18.1. The number of carbonyl (C=O) groups is 1. The quantitative estimate of drug-likeness (QED) is 0.696. The third-order valence-electron chi connectivity index (χ3n) is 4.46. The van der Waals surface area contributed by atoms with Gasteiger partial charge in [0, 0.05) is 18.2 Å². The molecule has 1 amide bonds. The van der Waals surface area contributed by atoms with Gasteiger partial charge < -0.3 is 10.1 Å². The third kappa shape index (κ3) is 5.46. The lowest BCUT2D eigenvalue weighted by molar-refractivity contribution is -0.116. The molecule has 2 aromatic carbocycles. The SMILES string of the molecule is CCN(CC)C(CNC(=O)/C=C/c1ccccc1OC)c1ccccc1. The Morgan fingerprint density at radius 3 is 2.38 bits per heavy atom. The van der Waals surface area contributed by atoms with Gasteiger partial charge in [0.15, 0.2) is 0 Å². The number of nitrogens with one attached hydrogen (secondary N) is 1. The number of methoxy groups -OCH3 is 1. The molecule has 0 radical (unpaired) electrons. The predicted octanol–water partition coefficient (Wildman–Crippen LogP) is 3.91. The summed E-state index contributed by atoms with van der Waals surface area (Å²) in [6.45, 7) is 6.72. The first-order valence-corrected chi connectivity index (χ1v) is 9.07. The Kier molecular flexibility index (Phi) is 7.90. The van der Waals surface area contributed by atoms with Crippen molar-refractivity contribution in [1.29, 1.82) is 0 Å². The second-order valence-electron chi connectivity index (χ2n) is 5.97. The van der Waals surface area contributed by atoms with E-state index in [-0.39, 0.29) is 11.9 Å². The van der Waals surface area contributed by atoms with Crippen LogP contribution < -0.4 is 10.1 Å². The van der Waals surface area contributed by atoms with Gasteiger partial charge in [-0.15, -0.1) is 0 Å². The third-order valence-corrected chi connectivity index (χ3v) is 4.46. The predicted molar refractivity (Wildman–Crippen MR) is 107 cm³/mol. The molecule has 4 heteroatoms. The number of ether oxygens (including phenoxy) is 1. The van der Waals surface area contributed by atoms with E-state index in [0.717, 1.165) is 24.4 Å². The number of likely N-dealkylation sites (N-methyl/N-ethyl adjacent to an activating group) is 1. The molecule has 2 aromatic rings. The molecule has 138 valence electrons. The van der Waals surface area contributed by atoms with Crippen molar-refractivity contribution in [1.82, 2.24) is 10.2 Å². The highest BCUT2D eigenvalue weighted by molar-refractivity contribution is 5.92. The Morgan fingerprint density at radius 1 is 1.08 bits per heavy atom. The van der Waals surface area contributed by atoms with Crippen LogP contribution in [0.1, 0.15) is 31.0 Å². The van der Waals surface area contributed by atoms with E-state index in [9.17, 15) is 4.79 Å². The smallest absolute Gasteiger partial charge is 0.244 e. The Morgan fingerprint density at radius 2 is 1.73 bits per heavy atom. The van der Waals surface area contributed by atoms with Crippen LogP contribution in [0, 0.1) is 0 Å². The molecule has 1 unspecified atom stereocenters. The second kappa shape index (κ2) is 10.4. The van der Waals surface area contributed by atoms with Crippen molar-refractivity contribution in [3.8, 4) is 5.75 Å². The maximum Gasteiger partial charge on any atom is 0.244 e. The first kappa shape index (κ1) is 19.7. The molecule has 0 aromatic heterocycles. The number of hydrogen-bond donors (Lipinski definition) is 1. The van der Waals surface area contributed by atoms with Gasteiger partial charge in [-0.2, -0.15) is 0 Å². The molecule has 2 rings (SSSR count). The zero-order chi connectivity index (χ0) is 18.8. The molecule has 0 bridgehead atoms. The van der Waals surface area contributed by atoms with Gasteiger partial charge in [0.2, 0.25) is 5.91 Å². The van der Waals surface area contributed by atoms with E-state index >= 15 is 0 Å². The van der Waals surface area contributed by atoms with Crippen LogP contribution in [0.2, 0.25) is 0 Å². The molecule has 26 heavy (non-hydrogen) atoms. The van der Waals surface area contributed by atoms with Gasteiger partial charge in [-0.05, 0) is 30.8 Å². The Labute approximate surface area is 156 Å². The molecular weight excluding hydrogens is 324 g/mol. The number of hydrogen-bond acceptors (Lipinski definition) is 3. The average molecular weight is 352 g/mol. The molecule has 0 aliphatic heterocycles. The van der Waals surface area contributed by atoms with E-state index in [4.69, 9.17) is 4.74 Å². The topological polar surface area (TPSA) is 41.6 Å². The molecular formula is C22H28N2O2. The van der Waals surface area contributed by atoms with E-state index in [0.29, 0.717) is 6.54 Å². The van der Waals surface area contributed by atoms with Gasteiger partial charge in [0.1, 0.15) is 5.75 Å². The first-order valence-electron chi connectivity index (χ1n) is 9.07.